The Hall–Kier alpha value is -2.56. The van der Waals surface area contributed by atoms with Crippen LogP contribution in [0.25, 0.3) is 10.9 Å². The zero-order valence-corrected chi connectivity index (χ0v) is 15.8. The van der Waals surface area contributed by atoms with Gasteiger partial charge in [0.15, 0.2) is 0 Å². The molecule has 5 heteroatoms. The minimum atomic E-state index is -0.0248. The van der Waals surface area contributed by atoms with Crippen LogP contribution in [0.2, 0.25) is 0 Å². The van der Waals surface area contributed by atoms with Gasteiger partial charge in [0.2, 0.25) is 0 Å². The van der Waals surface area contributed by atoms with Gasteiger partial charge in [0.05, 0.1) is 29.9 Å². The van der Waals surface area contributed by atoms with Gasteiger partial charge < -0.3 is 10.1 Å². The van der Waals surface area contributed by atoms with Crippen molar-refractivity contribution in [2.24, 2.45) is 0 Å². The fourth-order valence-electron chi connectivity index (χ4n) is 2.85. The largest absolute Gasteiger partial charge is 0.497 e. The highest BCUT2D eigenvalue weighted by Crippen LogP contribution is 2.26. The van der Waals surface area contributed by atoms with Crippen molar-refractivity contribution < 1.29 is 4.74 Å². The third-order valence-electron chi connectivity index (χ3n) is 4.35. The Morgan fingerprint density at radius 1 is 1.16 bits per heavy atom. The number of nitrogens with one attached hydrogen (secondary N) is 1. The molecule has 0 bridgehead atoms. The first-order chi connectivity index (χ1) is 11.8. The summed E-state index contributed by atoms with van der Waals surface area (Å²) in [4.78, 5) is 4.71. The Balaban J connectivity index is 1.84. The molecule has 1 aromatic carbocycles. The van der Waals surface area contributed by atoms with E-state index >= 15 is 0 Å². The number of fused-ring (bicyclic) bond motifs is 1. The van der Waals surface area contributed by atoms with Gasteiger partial charge in [0, 0.05) is 17.1 Å². The molecule has 1 atom stereocenters. The van der Waals surface area contributed by atoms with Crippen LogP contribution in [0.3, 0.4) is 0 Å². The summed E-state index contributed by atoms with van der Waals surface area (Å²) in [5.74, 6) is 1.70. The van der Waals surface area contributed by atoms with Crippen molar-refractivity contribution in [2.75, 3.05) is 12.4 Å². The number of benzene rings is 1. The summed E-state index contributed by atoms with van der Waals surface area (Å²) in [6, 6.07) is 10.1. The van der Waals surface area contributed by atoms with Crippen molar-refractivity contribution in [3.63, 3.8) is 0 Å². The van der Waals surface area contributed by atoms with E-state index < -0.39 is 0 Å². The van der Waals surface area contributed by atoms with E-state index in [1.54, 1.807) is 7.11 Å². The molecular formula is C20H26N4O. The molecule has 3 rings (SSSR count). The molecule has 0 aliphatic rings. The van der Waals surface area contributed by atoms with Crippen molar-refractivity contribution >= 4 is 16.7 Å². The molecule has 3 aromatic rings. The van der Waals surface area contributed by atoms with Gasteiger partial charge in [-0.1, -0.05) is 0 Å². The average molecular weight is 338 g/mol. The minimum Gasteiger partial charge on any atom is -0.497 e. The van der Waals surface area contributed by atoms with Crippen LogP contribution in [-0.2, 0) is 5.54 Å². The molecule has 1 N–H and O–H groups in total. The molecule has 2 heterocycles. The Morgan fingerprint density at radius 3 is 2.56 bits per heavy atom. The first kappa shape index (κ1) is 17.3. The first-order valence-electron chi connectivity index (χ1n) is 8.56. The molecule has 0 aliphatic carbocycles. The SMILES string of the molecule is COc1ccc2nc(NC(C)c3cn(C(C)(C)C)nc3C)ccc2c1. The van der Waals surface area contributed by atoms with Crippen molar-refractivity contribution in [1.29, 1.82) is 0 Å². The van der Waals surface area contributed by atoms with Crippen LogP contribution >= 0.6 is 0 Å². The van der Waals surface area contributed by atoms with Crippen LogP contribution in [-0.4, -0.2) is 21.9 Å². The number of nitrogens with zero attached hydrogens (tertiary/aromatic N) is 3. The van der Waals surface area contributed by atoms with Crippen molar-refractivity contribution in [3.05, 3.63) is 47.8 Å². The molecule has 0 radical (unpaired) electrons. The van der Waals surface area contributed by atoms with E-state index in [-0.39, 0.29) is 11.6 Å². The molecule has 0 amide bonds. The monoisotopic (exact) mass is 338 g/mol. The van der Waals surface area contributed by atoms with E-state index in [2.05, 4.69) is 57.3 Å². The highest BCUT2D eigenvalue weighted by molar-refractivity contribution is 5.81. The maximum absolute atomic E-state index is 5.27. The van der Waals surface area contributed by atoms with E-state index in [1.165, 1.54) is 5.56 Å². The second-order valence-electron chi connectivity index (χ2n) is 7.41. The lowest BCUT2D eigenvalue weighted by molar-refractivity contribution is 0.354. The summed E-state index contributed by atoms with van der Waals surface area (Å²) in [5.41, 5.74) is 3.15. The van der Waals surface area contributed by atoms with Gasteiger partial charge in [-0.05, 0) is 65.0 Å². The summed E-state index contributed by atoms with van der Waals surface area (Å²) in [6.45, 7) is 10.6. The summed E-state index contributed by atoms with van der Waals surface area (Å²) in [7, 11) is 1.67. The molecular weight excluding hydrogens is 312 g/mol. The predicted octanol–water partition coefficient (Wildman–Crippen LogP) is 4.68. The van der Waals surface area contributed by atoms with Gasteiger partial charge in [-0.15, -0.1) is 0 Å². The normalized spacial score (nSPS) is 13.0. The number of hydrogen-bond donors (Lipinski definition) is 1. The topological polar surface area (TPSA) is 52.0 Å². The predicted molar refractivity (Wildman–Crippen MR) is 102 cm³/mol. The first-order valence-corrected chi connectivity index (χ1v) is 8.56. The molecule has 132 valence electrons. The fraction of sp³-hybridized carbons (Fsp3) is 0.400. The van der Waals surface area contributed by atoms with Gasteiger partial charge in [0.25, 0.3) is 0 Å². The number of pyridine rings is 1. The molecule has 0 fully saturated rings. The van der Waals surface area contributed by atoms with Crippen LogP contribution in [0.15, 0.2) is 36.5 Å². The number of aryl methyl sites for hydroxylation is 1. The van der Waals surface area contributed by atoms with Gasteiger partial charge >= 0.3 is 0 Å². The molecule has 5 nitrogen and oxygen atoms in total. The number of ether oxygens (including phenoxy) is 1. The van der Waals surface area contributed by atoms with Crippen LogP contribution in [0, 0.1) is 6.92 Å². The van der Waals surface area contributed by atoms with E-state index in [1.807, 2.05) is 28.9 Å². The smallest absolute Gasteiger partial charge is 0.127 e. The molecule has 1 unspecified atom stereocenters. The lowest BCUT2D eigenvalue weighted by Gasteiger charge is -2.19. The summed E-state index contributed by atoms with van der Waals surface area (Å²) in [6.07, 6.45) is 2.12. The molecule has 25 heavy (non-hydrogen) atoms. The number of anilines is 1. The van der Waals surface area contributed by atoms with Crippen LogP contribution < -0.4 is 10.1 Å². The number of rotatable bonds is 4. The Kier molecular flexibility index (Phi) is 4.41. The van der Waals surface area contributed by atoms with Crippen LogP contribution in [0.1, 0.15) is 45.0 Å². The maximum Gasteiger partial charge on any atom is 0.127 e. The summed E-state index contributed by atoms with van der Waals surface area (Å²) >= 11 is 0. The summed E-state index contributed by atoms with van der Waals surface area (Å²) in [5, 5.41) is 9.21. The Morgan fingerprint density at radius 2 is 1.92 bits per heavy atom. The number of aromatic nitrogens is 3. The standard InChI is InChI=1S/C20H26N4O/c1-13(17-12-24(20(3,4)5)23-14(17)2)21-19-10-7-15-11-16(25-6)8-9-18(15)22-19/h7-13H,1-6H3,(H,21,22). The van der Waals surface area contributed by atoms with Gasteiger partial charge in [-0.2, -0.15) is 5.10 Å². The molecule has 0 spiro atoms. The van der Waals surface area contributed by atoms with Crippen molar-refractivity contribution in [1.82, 2.24) is 14.8 Å². The van der Waals surface area contributed by atoms with E-state index in [0.717, 1.165) is 28.2 Å². The average Bonchev–Trinajstić information content (AvgIpc) is 2.96. The lowest BCUT2D eigenvalue weighted by atomic mass is 10.1. The van der Waals surface area contributed by atoms with Crippen molar-refractivity contribution in [3.8, 4) is 5.75 Å². The van der Waals surface area contributed by atoms with Crippen LogP contribution in [0.4, 0.5) is 5.82 Å². The van der Waals surface area contributed by atoms with Gasteiger partial charge in [0.1, 0.15) is 11.6 Å². The molecule has 0 saturated carbocycles. The quantitative estimate of drug-likeness (QED) is 0.750. The fourth-order valence-corrected chi connectivity index (χ4v) is 2.85. The summed E-state index contributed by atoms with van der Waals surface area (Å²) < 4.78 is 7.29. The van der Waals surface area contributed by atoms with E-state index in [4.69, 9.17) is 9.72 Å². The lowest BCUT2D eigenvalue weighted by Crippen LogP contribution is -2.22. The van der Waals surface area contributed by atoms with E-state index in [9.17, 15) is 0 Å². The molecule has 0 aliphatic heterocycles. The van der Waals surface area contributed by atoms with Gasteiger partial charge in [-0.25, -0.2) is 4.98 Å². The van der Waals surface area contributed by atoms with E-state index in [0.29, 0.717) is 0 Å². The van der Waals surface area contributed by atoms with Crippen LogP contribution in [0.5, 0.6) is 5.75 Å². The van der Waals surface area contributed by atoms with Gasteiger partial charge in [-0.3, -0.25) is 4.68 Å². The number of hydrogen-bond acceptors (Lipinski definition) is 4. The van der Waals surface area contributed by atoms with Crippen molar-refractivity contribution in [2.45, 2.75) is 46.2 Å². The zero-order chi connectivity index (χ0) is 18.2. The third kappa shape index (κ3) is 3.60. The minimum absolute atomic E-state index is 0.0248. The second kappa shape index (κ2) is 6.39. The number of methoxy groups -OCH3 is 1. The molecule has 2 aromatic heterocycles. The third-order valence-corrected chi connectivity index (χ3v) is 4.35. The Bertz CT molecular complexity index is 892. The highest BCUT2D eigenvalue weighted by atomic mass is 16.5. The second-order valence-corrected chi connectivity index (χ2v) is 7.41. The zero-order valence-electron chi connectivity index (χ0n) is 15.8. The Labute approximate surface area is 149 Å². The highest BCUT2D eigenvalue weighted by Gasteiger charge is 2.19. The molecule has 0 saturated heterocycles. The maximum atomic E-state index is 5.27.